The SMILES string of the molecule is C.C.C.C.C.C.C.C.C.C.CC(C)C(=O)NC(C(C)C)C(C)C.CC(C)C(=O)N[C@@H](C(C)C)C1CC1.CC(C)C(=O)N[C@@H](C(C)C)C1CCCC1.CC(C)C(=O)N[C@@H](C(C)C)[C@@H](C)O.CC(C)C(=O)N[C@@H](C(C)C)[C@H](C)Cl.CC(C)c1n[nH]c(C(C)C)n1.CC(C)c1nnc(C(C)C)o1.CC(C)c1noc(C(C)C)n1.Cc1oc(C(C)C)nc1C(C)C. The van der Waals surface area contributed by atoms with Crippen LogP contribution < -0.4 is 26.6 Å². The van der Waals surface area contributed by atoms with Crippen LogP contribution in [-0.4, -0.2) is 117 Å². The van der Waals surface area contributed by atoms with E-state index in [-0.39, 0.29) is 157 Å². The van der Waals surface area contributed by atoms with E-state index in [1.54, 1.807) is 6.92 Å². The lowest BCUT2D eigenvalue weighted by Gasteiger charge is -2.29. The highest BCUT2D eigenvalue weighted by atomic mass is 35.5. The van der Waals surface area contributed by atoms with Crippen LogP contribution in [0.5, 0.6) is 0 Å². The largest absolute Gasteiger partial charge is 0.445 e. The monoisotopic (exact) mass is 1760 g/mol. The number of amides is 5. The van der Waals surface area contributed by atoms with Crippen molar-refractivity contribution in [2.75, 3.05) is 0 Å². The summed E-state index contributed by atoms with van der Waals surface area (Å²) in [5, 5.41) is 43.3. The van der Waals surface area contributed by atoms with Crippen LogP contribution in [-0.2, 0) is 24.0 Å². The van der Waals surface area contributed by atoms with Gasteiger partial charge in [-0.1, -0.05) is 355 Å². The van der Waals surface area contributed by atoms with Crippen molar-refractivity contribution in [1.82, 2.24) is 67.1 Å². The van der Waals surface area contributed by atoms with Crippen molar-refractivity contribution in [2.24, 2.45) is 76.9 Å². The molecule has 4 heterocycles. The lowest BCUT2D eigenvalue weighted by molar-refractivity contribution is -0.126. The van der Waals surface area contributed by atoms with Gasteiger partial charge in [0.05, 0.1) is 23.2 Å². The lowest BCUT2D eigenvalue weighted by atomic mass is 9.89. The van der Waals surface area contributed by atoms with Gasteiger partial charge in [-0.2, -0.15) is 10.1 Å². The summed E-state index contributed by atoms with van der Waals surface area (Å²) in [6.07, 6.45) is 7.35. The number of aromatic amines is 1. The first kappa shape index (κ1) is 145. The molecule has 0 saturated heterocycles. The molecule has 4 aromatic heterocycles. The summed E-state index contributed by atoms with van der Waals surface area (Å²) < 4.78 is 15.9. The molecule has 122 heavy (non-hydrogen) atoms. The molecule has 6 atom stereocenters. The second-order valence-corrected chi connectivity index (χ2v) is 37.7. The van der Waals surface area contributed by atoms with Crippen LogP contribution in [0.25, 0.3) is 0 Å². The first-order valence-corrected chi connectivity index (χ1v) is 43.3. The Kier molecular flexibility index (Phi) is 88.2. The lowest BCUT2D eigenvalue weighted by Crippen LogP contribution is -2.46. The number of nitrogens with zero attached hydrogens (tertiary/aromatic N) is 7. The van der Waals surface area contributed by atoms with Gasteiger partial charge in [-0.3, -0.25) is 29.1 Å². The summed E-state index contributed by atoms with van der Waals surface area (Å²) in [7, 11) is 0. The highest BCUT2D eigenvalue weighted by Crippen LogP contribution is 2.36. The number of alkyl halides is 1. The average molecular weight is 1760 g/mol. The molecule has 0 aliphatic heterocycles. The summed E-state index contributed by atoms with van der Waals surface area (Å²) in [6.45, 7) is 83.3. The molecule has 0 spiro atoms. The second kappa shape index (κ2) is 74.3. The molecule has 23 heteroatoms. The average Bonchev–Trinajstić information content (AvgIpc) is 1.66. The molecule has 732 valence electrons. The summed E-state index contributed by atoms with van der Waals surface area (Å²) in [5.41, 5.74) is 1.10. The van der Waals surface area contributed by atoms with E-state index in [1.807, 2.05) is 138 Å². The normalized spacial score (nSPS) is 13.4. The van der Waals surface area contributed by atoms with Gasteiger partial charge in [0.2, 0.25) is 47.2 Å². The van der Waals surface area contributed by atoms with Crippen LogP contribution in [0.1, 0.15) is 490 Å². The minimum atomic E-state index is -0.498. The quantitative estimate of drug-likeness (QED) is 0.0260. The van der Waals surface area contributed by atoms with Crippen molar-refractivity contribution in [3.8, 4) is 0 Å². The second-order valence-electron chi connectivity index (χ2n) is 37.0. The van der Waals surface area contributed by atoms with E-state index in [1.165, 1.54) is 38.5 Å². The Labute approximate surface area is 761 Å². The third-order valence-corrected chi connectivity index (χ3v) is 19.2. The van der Waals surface area contributed by atoms with Crippen LogP contribution in [0.2, 0.25) is 0 Å². The van der Waals surface area contributed by atoms with Crippen LogP contribution in [0, 0.1) is 83.9 Å². The minimum Gasteiger partial charge on any atom is -0.445 e. The molecule has 0 bridgehead atoms. The van der Waals surface area contributed by atoms with Gasteiger partial charge < -0.3 is 45.0 Å². The molecule has 0 unspecified atom stereocenters. The van der Waals surface area contributed by atoms with E-state index in [9.17, 15) is 29.1 Å². The standard InChI is InChI=1S/C13H25NO.C11H21NO.C11H23NO.C10H20ClNO.C10H21NO2.C10H17NO.C8H15N3.2C8H14N2O.10CH4/c1-9(2)12(11-7-5-6-8-11)14-13(15)10(3)4;1-7(2)10(9-5-6-9)12-11(13)8(3)4;1-7(2)10(8(3)4)12-11(13)9(5)6;1-6(2)9(8(5)11)12-10(13)7(3)4;1-6(2)9(8(5)12)11-10(13)7(3)4;1-6(2)9-8(5)12-10(11-9)7(3)4;1-5(2)7-9-8(6(3)4)11-10-7;1-5(2)7-9-10-8(11-7)6(3)4;1-5(2)7-9-8(6(3)4)11-10-7;;;;;;;;;;/h9-12H,5-8H2,1-4H3,(H,14,15);7-10H,5-6H2,1-4H3,(H,12,13);7-10H,1-6H3,(H,12,13);6-9H,1-5H3,(H,12,13);6-9,12H,1-5H3,(H,11,13);6-7H,1-5H3;5-6H,1-4H3,(H,9,10,11);2*5-6H,1-4H3;10*1H4/t12-;10-;;8-,9-;8-,9+;;;;;;;;;;;;;;/m00.01............../s1. The van der Waals surface area contributed by atoms with Crippen molar-refractivity contribution in [3.63, 3.8) is 0 Å². The van der Waals surface area contributed by atoms with Gasteiger partial charge >= 0.3 is 0 Å². The van der Waals surface area contributed by atoms with Crippen molar-refractivity contribution >= 4 is 41.1 Å². The van der Waals surface area contributed by atoms with E-state index >= 15 is 0 Å². The maximum atomic E-state index is 11.7. The zero-order chi connectivity index (χ0) is 87.8. The van der Waals surface area contributed by atoms with Crippen LogP contribution in [0.4, 0.5) is 0 Å². The Bertz CT molecular complexity index is 2760. The molecule has 4 aromatic rings. The Morgan fingerprint density at radius 3 is 0.869 bits per heavy atom. The summed E-state index contributed by atoms with van der Waals surface area (Å²) in [5.74, 6) is 14.9. The molecule has 5 amide bonds. The van der Waals surface area contributed by atoms with Crippen LogP contribution in [0.3, 0.4) is 0 Å². The van der Waals surface area contributed by atoms with Gasteiger partial charge in [-0.15, -0.1) is 21.8 Å². The van der Waals surface area contributed by atoms with Crippen molar-refractivity contribution in [2.45, 2.75) is 486 Å². The van der Waals surface area contributed by atoms with Gasteiger partial charge in [-0.25, -0.2) is 9.97 Å². The summed E-state index contributed by atoms with van der Waals surface area (Å²) >= 11 is 5.97. The molecule has 2 saturated carbocycles. The third kappa shape index (κ3) is 60.8. The first-order valence-electron chi connectivity index (χ1n) is 42.9. The number of aliphatic hydroxyl groups is 1. The van der Waals surface area contributed by atoms with Crippen molar-refractivity contribution in [1.29, 1.82) is 0 Å². The van der Waals surface area contributed by atoms with Gasteiger partial charge in [-0.05, 0) is 99.7 Å². The Hall–Kier alpha value is -5.77. The molecule has 2 fully saturated rings. The fourth-order valence-electron chi connectivity index (χ4n) is 11.3. The van der Waals surface area contributed by atoms with E-state index in [2.05, 4.69) is 206 Å². The molecular weight excluding hydrogens is 1550 g/mol. The Balaban J connectivity index is -0.0000000987. The molecule has 7 N–H and O–H groups in total. The van der Waals surface area contributed by atoms with E-state index < -0.39 is 6.10 Å². The highest BCUT2D eigenvalue weighted by molar-refractivity contribution is 6.21. The molecule has 0 radical (unpaired) electrons. The maximum absolute atomic E-state index is 11.7. The molecule has 0 aromatic carbocycles. The number of carbonyl (C=O) groups excluding carboxylic acids is 5. The number of hydrogen-bond acceptors (Lipinski definition) is 16. The summed E-state index contributed by atoms with van der Waals surface area (Å²) in [4.78, 5) is 70.4. The molecule has 2 aliphatic carbocycles. The van der Waals surface area contributed by atoms with Gasteiger partial charge in [0.1, 0.15) is 11.6 Å². The highest BCUT2D eigenvalue weighted by Gasteiger charge is 2.35. The third-order valence-electron chi connectivity index (χ3n) is 18.9. The Morgan fingerprint density at radius 1 is 0.352 bits per heavy atom. The smallest absolute Gasteiger partial charge is 0.229 e. The maximum Gasteiger partial charge on any atom is 0.229 e. The van der Waals surface area contributed by atoms with Gasteiger partial charge in [0, 0.05) is 95.2 Å². The number of hydrogen-bond donors (Lipinski definition) is 7. The number of aliphatic hydroxyl groups excluding tert-OH is 1. The zero-order valence-electron chi connectivity index (χ0n) is 78.6. The molecular formula is C99H210ClN13O9. The molecule has 22 nitrogen and oxygen atoms in total. The molecule has 6 rings (SSSR count). The number of oxazole rings is 1. The van der Waals surface area contributed by atoms with E-state index in [0.29, 0.717) is 101 Å². The predicted octanol–water partition coefficient (Wildman–Crippen LogP) is 27.5. The van der Waals surface area contributed by atoms with Crippen LogP contribution >= 0.6 is 11.6 Å². The first-order chi connectivity index (χ1) is 51.5. The number of halogens is 1. The van der Waals surface area contributed by atoms with Crippen molar-refractivity contribution in [3.05, 3.63) is 52.5 Å². The van der Waals surface area contributed by atoms with E-state index in [0.717, 1.165) is 58.4 Å². The van der Waals surface area contributed by atoms with Gasteiger partial charge in [0.15, 0.2) is 17.5 Å². The Morgan fingerprint density at radius 2 is 0.664 bits per heavy atom. The topological polar surface area (TPSA) is 311 Å². The van der Waals surface area contributed by atoms with Crippen LogP contribution in [0.15, 0.2) is 13.4 Å². The fraction of sp³-hybridized carbons (Fsp3) is 0.859. The van der Waals surface area contributed by atoms with Gasteiger partial charge in [0.25, 0.3) is 0 Å². The summed E-state index contributed by atoms with van der Waals surface area (Å²) in [6, 6.07) is 1.03. The number of carbonyl (C=O) groups is 5. The number of aryl methyl sites for hydroxylation is 1. The predicted molar refractivity (Wildman–Crippen MR) is 531 cm³/mol. The number of nitrogens with one attached hydrogen (secondary N) is 6. The zero-order valence-corrected chi connectivity index (χ0v) is 79.4. The number of H-pyrrole nitrogens is 1. The number of aromatic nitrogens is 8. The fourth-order valence-corrected chi connectivity index (χ4v) is 11.6. The van der Waals surface area contributed by atoms with Crippen molar-refractivity contribution < 1.29 is 42.4 Å². The minimum absolute atomic E-state index is 0. The molecule has 2 aliphatic rings. The number of rotatable bonds is 28. The van der Waals surface area contributed by atoms with E-state index in [4.69, 9.17) is 25.0 Å².